The normalized spacial score (nSPS) is 11.2. The van der Waals surface area contributed by atoms with E-state index >= 15 is 0 Å². The second-order valence-corrected chi connectivity index (χ2v) is 7.34. The monoisotopic (exact) mass is 421 g/mol. The van der Waals surface area contributed by atoms with Crippen molar-refractivity contribution in [1.82, 2.24) is 14.8 Å². The van der Waals surface area contributed by atoms with E-state index in [2.05, 4.69) is 20.3 Å². The minimum Gasteiger partial charge on any atom is -0.497 e. The average molecular weight is 421 g/mol. The largest absolute Gasteiger partial charge is 0.497 e. The number of para-hydroxylation sites is 1. The van der Waals surface area contributed by atoms with Crippen LogP contribution >= 0.6 is 11.3 Å². The molecular weight excluding hydrogens is 402 g/mol. The molecule has 9 heteroatoms. The van der Waals surface area contributed by atoms with Gasteiger partial charge in [0.15, 0.2) is 5.69 Å². The maximum Gasteiger partial charge on any atom is 0.301 e. The number of H-pyrrole nitrogens is 1. The summed E-state index contributed by atoms with van der Waals surface area (Å²) in [4.78, 5) is 18.2. The molecule has 2 aromatic heterocycles. The number of hydrogen-bond donors (Lipinski definition) is 1. The zero-order valence-electron chi connectivity index (χ0n) is 16.6. The lowest BCUT2D eigenvalue weighted by molar-refractivity contribution is 0.415. The van der Waals surface area contributed by atoms with Crippen LogP contribution in [0.3, 0.4) is 0 Å². The second kappa shape index (κ2) is 8.34. The van der Waals surface area contributed by atoms with Crippen molar-refractivity contribution in [3.63, 3.8) is 0 Å². The molecule has 0 amide bonds. The fourth-order valence-corrected chi connectivity index (χ4v) is 3.74. The smallest absolute Gasteiger partial charge is 0.301 e. The Labute approximate surface area is 176 Å². The minimum absolute atomic E-state index is 0.224. The van der Waals surface area contributed by atoms with Crippen LogP contribution in [0.2, 0.25) is 0 Å². The molecule has 1 N–H and O–H groups in total. The summed E-state index contributed by atoms with van der Waals surface area (Å²) in [6, 6.07) is 14.9. The first-order valence-electron chi connectivity index (χ1n) is 9.07. The van der Waals surface area contributed by atoms with Gasteiger partial charge in [0.05, 0.1) is 24.8 Å². The van der Waals surface area contributed by atoms with Crippen molar-refractivity contribution in [3.05, 3.63) is 70.8 Å². The van der Waals surface area contributed by atoms with Gasteiger partial charge in [0.1, 0.15) is 17.2 Å². The number of nitrogens with zero attached hydrogens (tertiary/aromatic N) is 4. The van der Waals surface area contributed by atoms with E-state index in [-0.39, 0.29) is 11.2 Å². The van der Waals surface area contributed by atoms with Gasteiger partial charge in [-0.2, -0.15) is 4.68 Å². The number of benzene rings is 2. The number of rotatable bonds is 6. The number of nitrogens with one attached hydrogen (secondary N) is 1. The van der Waals surface area contributed by atoms with E-state index in [9.17, 15) is 4.79 Å². The van der Waals surface area contributed by atoms with Gasteiger partial charge < -0.3 is 9.47 Å². The maximum absolute atomic E-state index is 12.9. The summed E-state index contributed by atoms with van der Waals surface area (Å²) in [5, 5.41) is 11.9. The Bertz CT molecular complexity index is 1250. The Morgan fingerprint density at radius 3 is 2.53 bits per heavy atom. The molecule has 2 aromatic carbocycles. The maximum atomic E-state index is 12.9. The number of methoxy groups -OCH3 is 2. The quantitative estimate of drug-likeness (QED) is 0.442. The molecule has 0 bridgehead atoms. The molecular formula is C21H19N5O3S. The lowest BCUT2D eigenvalue weighted by Crippen LogP contribution is -2.13. The third-order valence-corrected chi connectivity index (χ3v) is 5.47. The molecule has 4 rings (SSSR count). The van der Waals surface area contributed by atoms with Gasteiger partial charge in [-0.05, 0) is 48.9 Å². The summed E-state index contributed by atoms with van der Waals surface area (Å²) in [6.45, 7) is 1.77. The van der Waals surface area contributed by atoms with Gasteiger partial charge in [-0.3, -0.25) is 9.89 Å². The fourth-order valence-electron chi connectivity index (χ4n) is 2.86. The second-order valence-electron chi connectivity index (χ2n) is 6.33. The van der Waals surface area contributed by atoms with Crippen molar-refractivity contribution < 1.29 is 9.47 Å². The molecule has 0 fully saturated rings. The Kier molecular flexibility index (Phi) is 5.44. The van der Waals surface area contributed by atoms with Crippen LogP contribution < -0.4 is 15.0 Å². The molecule has 0 saturated carbocycles. The Hall–Kier alpha value is -3.72. The van der Waals surface area contributed by atoms with Gasteiger partial charge in [-0.1, -0.05) is 23.5 Å². The number of hydrogen-bond acceptors (Lipinski definition) is 7. The number of azo groups is 1. The Balaban J connectivity index is 1.65. The van der Waals surface area contributed by atoms with Crippen LogP contribution in [0.4, 0.5) is 11.4 Å². The number of thiazole rings is 1. The third-order valence-electron chi connectivity index (χ3n) is 4.44. The van der Waals surface area contributed by atoms with E-state index in [4.69, 9.17) is 9.47 Å². The number of aromatic nitrogens is 3. The first kappa shape index (κ1) is 19.6. The lowest BCUT2D eigenvalue weighted by Gasteiger charge is -2.01. The zero-order chi connectivity index (χ0) is 21.1. The van der Waals surface area contributed by atoms with Gasteiger partial charge in [0.25, 0.3) is 0 Å². The molecule has 0 aliphatic rings. The van der Waals surface area contributed by atoms with Crippen molar-refractivity contribution in [1.29, 1.82) is 0 Å². The molecule has 0 saturated heterocycles. The van der Waals surface area contributed by atoms with E-state index in [1.165, 1.54) is 16.0 Å². The Morgan fingerprint density at radius 2 is 1.80 bits per heavy atom. The molecule has 0 radical (unpaired) electrons. The highest BCUT2D eigenvalue weighted by Crippen LogP contribution is 2.30. The third kappa shape index (κ3) is 3.74. The van der Waals surface area contributed by atoms with Crippen LogP contribution in [-0.4, -0.2) is 29.0 Å². The number of aromatic amines is 1. The SMILES string of the molecule is COc1ccc(-c2cnc(-n3[nH]c(C)c(N=Nc4ccccc4OC)c3=O)s2)cc1. The van der Waals surface area contributed by atoms with Crippen LogP contribution in [0, 0.1) is 6.92 Å². The molecule has 4 aromatic rings. The van der Waals surface area contributed by atoms with Crippen molar-refractivity contribution in [2.24, 2.45) is 10.2 Å². The topological polar surface area (TPSA) is 93.9 Å². The fraction of sp³-hybridized carbons (Fsp3) is 0.143. The molecule has 0 unspecified atom stereocenters. The van der Waals surface area contributed by atoms with Crippen LogP contribution in [0.5, 0.6) is 11.5 Å². The first-order valence-corrected chi connectivity index (χ1v) is 9.89. The predicted molar refractivity (Wildman–Crippen MR) is 116 cm³/mol. The average Bonchev–Trinajstić information content (AvgIpc) is 3.37. The van der Waals surface area contributed by atoms with E-state index in [1.54, 1.807) is 39.5 Å². The summed E-state index contributed by atoms with van der Waals surface area (Å²) in [6.07, 6.45) is 1.74. The van der Waals surface area contributed by atoms with Crippen molar-refractivity contribution in [2.75, 3.05) is 14.2 Å². The highest BCUT2D eigenvalue weighted by Gasteiger charge is 2.15. The summed E-state index contributed by atoms with van der Waals surface area (Å²) >= 11 is 1.40. The summed E-state index contributed by atoms with van der Waals surface area (Å²) in [5.74, 6) is 1.36. The van der Waals surface area contributed by atoms with Gasteiger partial charge >= 0.3 is 5.56 Å². The Morgan fingerprint density at radius 1 is 1.03 bits per heavy atom. The van der Waals surface area contributed by atoms with E-state index < -0.39 is 0 Å². The molecule has 30 heavy (non-hydrogen) atoms. The summed E-state index contributed by atoms with van der Waals surface area (Å²) in [7, 11) is 3.19. The van der Waals surface area contributed by atoms with Crippen LogP contribution in [0.1, 0.15) is 5.69 Å². The van der Waals surface area contributed by atoms with Gasteiger partial charge in [0, 0.05) is 6.20 Å². The molecule has 0 aliphatic heterocycles. The molecule has 152 valence electrons. The minimum atomic E-state index is -0.318. The van der Waals surface area contributed by atoms with Gasteiger partial charge in [0.2, 0.25) is 5.13 Å². The molecule has 2 heterocycles. The summed E-state index contributed by atoms with van der Waals surface area (Å²) < 4.78 is 11.8. The van der Waals surface area contributed by atoms with E-state index in [0.29, 0.717) is 22.3 Å². The van der Waals surface area contributed by atoms with E-state index in [0.717, 1.165) is 16.2 Å². The molecule has 8 nitrogen and oxygen atoms in total. The highest BCUT2D eigenvalue weighted by atomic mass is 32.1. The highest BCUT2D eigenvalue weighted by molar-refractivity contribution is 7.17. The van der Waals surface area contributed by atoms with Crippen molar-refractivity contribution >= 4 is 22.7 Å². The van der Waals surface area contributed by atoms with E-state index in [1.807, 2.05) is 36.4 Å². The van der Waals surface area contributed by atoms with Gasteiger partial charge in [-0.25, -0.2) is 4.98 Å². The standard InChI is InChI=1S/C21H19N5O3S/c1-13-19(24-23-16-6-4-5-7-17(16)29-3)20(27)26(25-13)21-22-12-18(30-21)14-8-10-15(28-2)11-9-14/h4-12,25H,1-3H3. The van der Waals surface area contributed by atoms with Crippen LogP contribution in [0.15, 0.2) is 69.8 Å². The van der Waals surface area contributed by atoms with Crippen molar-refractivity contribution in [3.8, 4) is 27.1 Å². The first-order chi connectivity index (χ1) is 14.6. The number of ether oxygens (including phenoxy) is 2. The molecule has 0 spiro atoms. The zero-order valence-corrected chi connectivity index (χ0v) is 17.4. The number of aryl methyl sites for hydroxylation is 1. The summed E-state index contributed by atoms with van der Waals surface area (Å²) in [5.41, 5.74) is 2.04. The van der Waals surface area contributed by atoms with Crippen LogP contribution in [-0.2, 0) is 0 Å². The van der Waals surface area contributed by atoms with Crippen molar-refractivity contribution in [2.45, 2.75) is 6.92 Å². The predicted octanol–water partition coefficient (Wildman–Crippen LogP) is 5.03. The molecule has 0 aliphatic carbocycles. The molecule has 0 atom stereocenters. The van der Waals surface area contributed by atoms with Gasteiger partial charge in [-0.15, -0.1) is 10.2 Å². The lowest BCUT2D eigenvalue weighted by atomic mass is 10.2. The van der Waals surface area contributed by atoms with Crippen LogP contribution in [0.25, 0.3) is 15.6 Å².